The Balaban J connectivity index is 1.28. The number of aromatic nitrogens is 1. The molecule has 2 aliphatic rings. The number of pyridine rings is 1. The molecule has 1 fully saturated rings. The van der Waals surface area contributed by atoms with Crippen molar-refractivity contribution in [2.45, 2.75) is 62.9 Å². The molecule has 1 aliphatic carbocycles. The van der Waals surface area contributed by atoms with Crippen LogP contribution in [-0.4, -0.2) is 38.9 Å². The van der Waals surface area contributed by atoms with E-state index < -0.39 is 17.0 Å². The Morgan fingerprint density at radius 1 is 1.21 bits per heavy atom. The maximum absolute atomic E-state index is 12.0. The second-order valence-electron chi connectivity index (χ2n) is 10.0. The number of nitrogens with one attached hydrogen (secondary N) is 1. The number of benzene rings is 1. The van der Waals surface area contributed by atoms with Gasteiger partial charge in [0.1, 0.15) is 23.4 Å². The third kappa shape index (κ3) is 8.11. The maximum Gasteiger partial charge on any atom is 0.266 e. The number of amides is 1. The van der Waals surface area contributed by atoms with E-state index in [1.165, 1.54) is 0 Å². The highest BCUT2D eigenvalue weighted by atomic mass is 32.2. The molecule has 0 radical (unpaired) electrons. The molecule has 1 aromatic heterocycles. The quantitative estimate of drug-likeness (QED) is 0.439. The Labute approximate surface area is 226 Å². The summed E-state index contributed by atoms with van der Waals surface area (Å²) in [7, 11) is 0. The van der Waals surface area contributed by atoms with Crippen molar-refractivity contribution in [2.24, 2.45) is 0 Å². The molecule has 202 valence electrons. The Morgan fingerprint density at radius 3 is 2.63 bits per heavy atom. The van der Waals surface area contributed by atoms with Crippen LogP contribution in [-0.2, 0) is 16.2 Å². The van der Waals surface area contributed by atoms with Gasteiger partial charge in [0, 0.05) is 24.5 Å². The molecule has 3 atom stereocenters. The molecule has 1 saturated heterocycles. The van der Waals surface area contributed by atoms with Gasteiger partial charge >= 0.3 is 0 Å². The number of carbonyl (C=O) groups excluding carboxylic acids is 1. The van der Waals surface area contributed by atoms with Gasteiger partial charge in [0.15, 0.2) is 5.25 Å². The van der Waals surface area contributed by atoms with Crippen LogP contribution in [0.15, 0.2) is 78.7 Å². The number of ether oxygens (including phenoxy) is 3. The smallest absolute Gasteiger partial charge is 0.266 e. The zero-order valence-electron chi connectivity index (χ0n) is 21.7. The van der Waals surface area contributed by atoms with E-state index in [9.17, 15) is 14.5 Å². The maximum atomic E-state index is 12.0. The van der Waals surface area contributed by atoms with E-state index in [1.54, 1.807) is 32.2 Å². The second-order valence-corrected chi connectivity index (χ2v) is 11.4. The topological polar surface area (TPSA) is 113 Å². The zero-order chi connectivity index (χ0) is 27.1. The summed E-state index contributed by atoms with van der Waals surface area (Å²) in [4.78, 5) is 15.8. The number of hydrogen-bond donors (Lipinski definition) is 2. The molecule has 4 rings (SSSR count). The lowest BCUT2D eigenvalue weighted by Crippen LogP contribution is -2.21. The molecule has 0 saturated carbocycles. The van der Waals surface area contributed by atoms with E-state index in [2.05, 4.69) is 16.3 Å². The molecular weight excluding hydrogens is 504 g/mol. The Kier molecular flexibility index (Phi) is 9.14. The Hall–Kier alpha value is -3.27. The van der Waals surface area contributed by atoms with Gasteiger partial charge in [-0.3, -0.25) is 4.79 Å². The van der Waals surface area contributed by atoms with Gasteiger partial charge < -0.3 is 23.9 Å². The van der Waals surface area contributed by atoms with Crippen molar-refractivity contribution in [3.63, 3.8) is 0 Å². The first kappa shape index (κ1) is 27.8. The lowest BCUT2D eigenvalue weighted by atomic mass is 10.1. The van der Waals surface area contributed by atoms with Crippen molar-refractivity contribution < 1.29 is 28.7 Å². The number of carbonyl (C=O) groups is 1. The first-order chi connectivity index (χ1) is 18.2. The molecule has 1 aliphatic heterocycles. The highest BCUT2D eigenvalue weighted by molar-refractivity contribution is 7.90. The molecule has 8 nitrogen and oxygen atoms in total. The SMILES string of the molecule is C=C1CC[C@@H](Oc2ccc(C3CC(=O)N[S+]3[O-])cc2)C/C=C\C=C/1Oc1ccc(OCCC(C)(C)O)nc1. The van der Waals surface area contributed by atoms with Crippen molar-refractivity contribution >= 4 is 17.3 Å². The molecule has 2 aromatic rings. The number of hydrogen-bond acceptors (Lipinski definition) is 7. The first-order valence-corrected chi connectivity index (χ1v) is 13.9. The molecule has 38 heavy (non-hydrogen) atoms. The van der Waals surface area contributed by atoms with Gasteiger partial charge in [-0.15, -0.1) is 0 Å². The molecule has 0 spiro atoms. The zero-order valence-corrected chi connectivity index (χ0v) is 22.5. The number of rotatable bonds is 9. The summed E-state index contributed by atoms with van der Waals surface area (Å²) in [6.07, 6.45) is 10.3. The average molecular weight is 539 g/mol. The van der Waals surface area contributed by atoms with Crippen LogP contribution in [0.2, 0.25) is 0 Å². The summed E-state index contributed by atoms with van der Waals surface area (Å²) in [5.74, 6) is 2.24. The van der Waals surface area contributed by atoms with E-state index in [4.69, 9.17) is 14.2 Å². The van der Waals surface area contributed by atoms with E-state index >= 15 is 0 Å². The highest BCUT2D eigenvalue weighted by Gasteiger charge is 2.36. The van der Waals surface area contributed by atoms with Crippen LogP contribution in [0.5, 0.6) is 17.4 Å². The second kappa shape index (κ2) is 12.5. The van der Waals surface area contributed by atoms with Crippen molar-refractivity contribution in [3.8, 4) is 17.4 Å². The third-order valence-corrected chi connectivity index (χ3v) is 7.58. The fraction of sp³-hybridized carbons (Fsp3) is 0.379. The summed E-state index contributed by atoms with van der Waals surface area (Å²) in [5.41, 5.74) is 0.922. The fourth-order valence-electron chi connectivity index (χ4n) is 4.00. The monoisotopic (exact) mass is 538 g/mol. The normalized spacial score (nSPS) is 24.3. The minimum atomic E-state index is -1.38. The number of aliphatic hydroxyl groups is 1. The molecule has 1 amide bonds. The van der Waals surface area contributed by atoms with Gasteiger partial charge in [-0.05, 0) is 56.5 Å². The summed E-state index contributed by atoms with van der Waals surface area (Å²) in [6.45, 7) is 8.06. The van der Waals surface area contributed by atoms with Crippen LogP contribution < -0.4 is 18.9 Å². The van der Waals surface area contributed by atoms with Crippen LogP contribution in [0, 0.1) is 0 Å². The molecule has 1 aromatic carbocycles. The van der Waals surface area contributed by atoms with E-state index in [1.807, 2.05) is 42.5 Å². The number of allylic oxidation sites excluding steroid dienone is 3. The Bertz CT molecular complexity index is 1170. The van der Waals surface area contributed by atoms with E-state index in [0.717, 1.165) is 29.7 Å². The number of nitrogens with zero attached hydrogens (tertiary/aromatic N) is 1. The van der Waals surface area contributed by atoms with Crippen LogP contribution in [0.4, 0.5) is 0 Å². The standard InChI is InChI=1S/C29H34N2O6S/c1-20-8-11-22(36-23-12-9-21(10-13-23)26-18-27(32)31-38(26)34)6-4-5-7-25(20)37-24-14-15-28(30-19-24)35-17-16-29(2,3)33/h4-5,7,9-10,12-15,19,22,26,33H,1,6,8,11,16-18H2,2-3H3,(H,31,32)/b5-4-,25-7+/t22-,26?,38?/m0/s1. The van der Waals surface area contributed by atoms with Gasteiger partial charge in [-0.2, -0.15) is 4.72 Å². The van der Waals surface area contributed by atoms with Crippen molar-refractivity contribution in [1.82, 2.24) is 9.71 Å². The summed E-state index contributed by atoms with van der Waals surface area (Å²) < 4.78 is 32.4. The van der Waals surface area contributed by atoms with Gasteiger partial charge in [0.05, 0.1) is 36.2 Å². The van der Waals surface area contributed by atoms with Gasteiger partial charge in [-0.25, -0.2) is 4.98 Å². The predicted octanol–water partition coefficient (Wildman–Crippen LogP) is 4.85. The van der Waals surface area contributed by atoms with Crippen molar-refractivity contribution in [3.05, 3.63) is 84.3 Å². The molecule has 2 unspecified atom stereocenters. The van der Waals surface area contributed by atoms with Crippen LogP contribution >= 0.6 is 0 Å². The Morgan fingerprint density at radius 2 is 1.97 bits per heavy atom. The molecule has 2 heterocycles. The molecule has 2 N–H and O–H groups in total. The van der Waals surface area contributed by atoms with Crippen molar-refractivity contribution in [1.29, 1.82) is 0 Å². The van der Waals surface area contributed by atoms with Crippen molar-refractivity contribution in [2.75, 3.05) is 6.61 Å². The predicted molar refractivity (Wildman–Crippen MR) is 146 cm³/mol. The summed E-state index contributed by atoms with van der Waals surface area (Å²) in [6, 6.07) is 11.0. The third-order valence-electron chi connectivity index (χ3n) is 6.20. The van der Waals surface area contributed by atoms with Gasteiger partial charge in [0.25, 0.3) is 5.91 Å². The summed E-state index contributed by atoms with van der Waals surface area (Å²) >= 11 is -1.38. The first-order valence-electron chi connectivity index (χ1n) is 12.7. The minimum absolute atomic E-state index is 0.0487. The van der Waals surface area contributed by atoms with Gasteiger partial charge in [0.2, 0.25) is 5.88 Å². The highest BCUT2D eigenvalue weighted by Crippen LogP contribution is 2.32. The molecule has 9 heteroatoms. The van der Waals surface area contributed by atoms with E-state index in [-0.39, 0.29) is 23.7 Å². The van der Waals surface area contributed by atoms with Gasteiger partial charge in [-0.1, -0.05) is 30.9 Å². The van der Waals surface area contributed by atoms with E-state index in [0.29, 0.717) is 36.8 Å². The minimum Gasteiger partial charge on any atom is -0.593 e. The fourth-order valence-corrected chi connectivity index (χ4v) is 5.16. The largest absolute Gasteiger partial charge is 0.593 e. The molecular formula is C29H34N2O6S. The van der Waals surface area contributed by atoms with Crippen LogP contribution in [0.3, 0.4) is 0 Å². The van der Waals surface area contributed by atoms with Crippen LogP contribution in [0.1, 0.15) is 56.8 Å². The average Bonchev–Trinajstić information content (AvgIpc) is 3.24. The summed E-state index contributed by atoms with van der Waals surface area (Å²) in [5, 5.41) is 9.47. The lowest BCUT2D eigenvalue weighted by Gasteiger charge is -2.19. The molecule has 0 bridgehead atoms. The van der Waals surface area contributed by atoms with Crippen LogP contribution in [0.25, 0.3) is 0 Å². The lowest BCUT2D eigenvalue weighted by molar-refractivity contribution is -0.118.